The van der Waals surface area contributed by atoms with E-state index in [0.717, 1.165) is 25.7 Å². The minimum absolute atomic E-state index is 0.0109. The Kier molecular flexibility index (Phi) is 9.25. The summed E-state index contributed by atoms with van der Waals surface area (Å²) in [5.74, 6) is -1.09. The van der Waals surface area contributed by atoms with Crippen molar-refractivity contribution in [3.63, 3.8) is 0 Å². The normalized spacial score (nSPS) is 13.7. The van der Waals surface area contributed by atoms with Crippen LogP contribution < -0.4 is 5.32 Å². The SMILES string of the molecule is Cc1ccc([N+](=O)[O-])cc1NC(=O)COC(=O)c1ccccc1SCC(=O)N(C)C1CCCCC1. The highest BCUT2D eigenvalue weighted by atomic mass is 32.2. The van der Waals surface area contributed by atoms with E-state index in [-0.39, 0.29) is 34.6 Å². The van der Waals surface area contributed by atoms with Gasteiger partial charge in [0.2, 0.25) is 5.91 Å². The number of carbonyl (C=O) groups excluding carboxylic acids is 3. The summed E-state index contributed by atoms with van der Waals surface area (Å²) in [6, 6.07) is 11.2. The molecule has 0 saturated heterocycles. The van der Waals surface area contributed by atoms with Crippen LogP contribution in [0.25, 0.3) is 0 Å². The lowest BCUT2D eigenvalue weighted by Crippen LogP contribution is -2.39. The maximum atomic E-state index is 12.7. The smallest absolute Gasteiger partial charge is 0.339 e. The molecular weight excluding hydrogens is 470 g/mol. The predicted octanol–water partition coefficient (Wildman–Crippen LogP) is 4.58. The zero-order valence-electron chi connectivity index (χ0n) is 19.8. The maximum absolute atomic E-state index is 12.7. The number of rotatable bonds is 9. The van der Waals surface area contributed by atoms with Gasteiger partial charge in [-0.25, -0.2) is 4.79 Å². The Balaban J connectivity index is 1.55. The number of nitrogens with one attached hydrogen (secondary N) is 1. The van der Waals surface area contributed by atoms with Crippen molar-refractivity contribution >= 4 is 40.9 Å². The second-order valence-electron chi connectivity index (χ2n) is 8.46. The van der Waals surface area contributed by atoms with Gasteiger partial charge in [-0.05, 0) is 37.5 Å². The summed E-state index contributed by atoms with van der Waals surface area (Å²) < 4.78 is 5.18. The maximum Gasteiger partial charge on any atom is 0.339 e. The molecule has 35 heavy (non-hydrogen) atoms. The zero-order valence-corrected chi connectivity index (χ0v) is 20.6. The molecule has 1 aliphatic rings. The highest BCUT2D eigenvalue weighted by Gasteiger charge is 2.23. The van der Waals surface area contributed by atoms with Gasteiger partial charge in [-0.3, -0.25) is 19.7 Å². The van der Waals surface area contributed by atoms with E-state index in [1.165, 1.54) is 36.4 Å². The number of nitro benzene ring substituents is 1. The molecule has 0 unspecified atom stereocenters. The van der Waals surface area contributed by atoms with E-state index in [1.807, 2.05) is 11.9 Å². The predicted molar refractivity (Wildman–Crippen MR) is 134 cm³/mol. The van der Waals surface area contributed by atoms with E-state index in [4.69, 9.17) is 4.74 Å². The molecule has 1 saturated carbocycles. The number of hydrogen-bond donors (Lipinski definition) is 1. The number of thioether (sulfide) groups is 1. The number of amides is 2. The minimum Gasteiger partial charge on any atom is -0.452 e. The summed E-state index contributed by atoms with van der Waals surface area (Å²) in [5, 5.41) is 13.5. The lowest BCUT2D eigenvalue weighted by Gasteiger charge is -2.31. The van der Waals surface area contributed by atoms with Crippen LogP contribution in [0, 0.1) is 17.0 Å². The van der Waals surface area contributed by atoms with Crippen molar-refractivity contribution < 1.29 is 24.0 Å². The molecule has 0 aromatic heterocycles. The number of benzene rings is 2. The molecule has 3 rings (SSSR count). The fraction of sp³-hybridized carbons (Fsp3) is 0.400. The van der Waals surface area contributed by atoms with Gasteiger partial charge in [0, 0.05) is 30.1 Å². The lowest BCUT2D eigenvalue weighted by molar-refractivity contribution is -0.384. The molecule has 0 spiro atoms. The van der Waals surface area contributed by atoms with Crippen molar-refractivity contribution in [1.29, 1.82) is 0 Å². The van der Waals surface area contributed by atoms with Gasteiger partial charge in [-0.2, -0.15) is 0 Å². The largest absolute Gasteiger partial charge is 0.452 e. The third-order valence-electron chi connectivity index (χ3n) is 6.01. The number of nitrogens with zero attached hydrogens (tertiary/aromatic N) is 2. The van der Waals surface area contributed by atoms with E-state index in [1.54, 1.807) is 31.2 Å². The van der Waals surface area contributed by atoms with Crippen LogP contribution in [0.15, 0.2) is 47.4 Å². The standard InChI is InChI=1S/C25H29N3O6S/c1-17-12-13-19(28(32)33)14-21(17)26-23(29)15-34-25(31)20-10-6-7-11-22(20)35-16-24(30)27(2)18-8-4-3-5-9-18/h6-7,10-14,18H,3-5,8-9,15-16H2,1-2H3,(H,26,29). The Labute approximate surface area is 208 Å². The van der Waals surface area contributed by atoms with Crippen molar-refractivity contribution in [1.82, 2.24) is 4.90 Å². The van der Waals surface area contributed by atoms with E-state index in [2.05, 4.69) is 5.32 Å². The third kappa shape index (κ3) is 7.29. The molecule has 2 amide bonds. The summed E-state index contributed by atoms with van der Waals surface area (Å²) in [6.45, 7) is 1.15. The van der Waals surface area contributed by atoms with Crippen molar-refractivity contribution in [3.8, 4) is 0 Å². The van der Waals surface area contributed by atoms with Gasteiger partial charge in [0.15, 0.2) is 6.61 Å². The molecule has 0 bridgehead atoms. The molecule has 0 atom stereocenters. The molecule has 0 heterocycles. The Bertz CT molecular complexity index is 1100. The number of aryl methyl sites for hydroxylation is 1. The Morgan fingerprint density at radius 1 is 1.14 bits per heavy atom. The van der Waals surface area contributed by atoms with Crippen LogP contribution in [-0.4, -0.2) is 53.1 Å². The fourth-order valence-corrected chi connectivity index (χ4v) is 4.89. The summed E-state index contributed by atoms with van der Waals surface area (Å²) in [5.41, 5.74) is 1.03. The number of non-ortho nitro benzene ring substituents is 1. The van der Waals surface area contributed by atoms with E-state index in [9.17, 15) is 24.5 Å². The molecule has 186 valence electrons. The highest BCUT2D eigenvalue weighted by Crippen LogP contribution is 2.26. The van der Waals surface area contributed by atoms with Gasteiger partial charge in [0.05, 0.1) is 21.9 Å². The molecule has 1 N–H and O–H groups in total. The number of hydrogen-bond acceptors (Lipinski definition) is 7. The third-order valence-corrected chi connectivity index (χ3v) is 7.07. The minimum atomic E-state index is -0.688. The summed E-state index contributed by atoms with van der Waals surface area (Å²) in [7, 11) is 1.83. The number of carbonyl (C=O) groups is 3. The average molecular weight is 500 g/mol. The number of anilines is 1. The van der Waals surface area contributed by atoms with Crippen molar-refractivity contribution in [2.45, 2.75) is 50.0 Å². The highest BCUT2D eigenvalue weighted by molar-refractivity contribution is 8.00. The fourth-order valence-electron chi connectivity index (χ4n) is 3.93. The molecule has 1 aliphatic carbocycles. The van der Waals surface area contributed by atoms with E-state index in [0.29, 0.717) is 10.5 Å². The molecule has 1 fully saturated rings. The summed E-state index contributed by atoms with van der Waals surface area (Å²) in [4.78, 5) is 50.4. The zero-order chi connectivity index (χ0) is 25.4. The molecule has 9 nitrogen and oxygen atoms in total. The van der Waals surface area contributed by atoms with E-state index >= 15 is 0 Å². The van der Waals surface area contributed by atoms with Crippen molar-refractivity contribution in [2.24, 2.45) is 0 Å². The number of esters is 1. The van der Waals surface area contributed by atoms with E-state index < -0.39 is 23.4 Å². The van der Waals surface area contributed by atoms with Crippen LogP contribution in [-0.2, 0) is 14.3 Å². The van der Waals surface area contributed by atoms with Crippen LogP contribution >= 0.6 is 11.8 Å². The first-order valence-electron chi connectivity index (χ1n) is 11.5. The van der Waals surface area contributed by atoms with Crippen LogP contribution in [0.5, 0.6) is 0 Å². The quantitative estimate of drug-likeness (QED) is 0.232. The Morgan fingerprint density at radius 2 is 1.86 bits per heavy atom. The van der Waals surface area contributed by atoms with Gasteiger partial charge < -0.3 is 15.0 Å². The molecule has 0 radical (unpaired) electrons. The second-order valence-corrected chi connectivity index (χ2v) is 9.48. The summed E-state index contributed by atoms with van der Waals surface area (Å²) in [6.07, 6.45) is 5.53. The topological polar surface area (TPSA) is 119 Å². The second kappa shape index (κ2) is 12.3. The first-order chi connectivity index (χ1) is 16.8. The monoisotopic (exact) mass is 499 g/mol. The number of ether oxygens (including phenoxy) is 1. The van der Waals surface area contributed by atoms with Crippen LogP contribution in [0.3, 0.4) is 0 Å². The van der Waals surface area contributed by atoms with Gasteiger partial charge >= 0.3 is 5.97 Å². The Hall–Kier alpha value is -3.40. The molecule has 2 aromatic rings. The van der Waals surface area contributed by atoms with Crippen LogP contribution in [0.4, 0.5) is 11.4 Å². The molecule has 0 aliphatic heterocycles. The number of nitro groups is 1. The molecular formula is C25H29N3O6S. The van der Waals surface area contributed by atoms with Crippen molar-refractivity contribution in [2.75, 3.05) is 24.7 Å². The molecule has 2 aromatic carbocycles. The van der Waals surface area contributed by atoms with Crippen LogP contribution in [0.1, 0.15) is 48.0 Å². The molecule has 10 heteroatoms. The first-order valence-corrected chi connectivity index (χ1v) is 12.4. The van der Waals surface area contributed by atoms with Gasteiger partial charge in [0.1, 0.15) is 0 Å². The first kappa shape index (κ1) is 26.2. The van der Waals surface area contributed by atoms with Gasteiger partial charge in [-0.15, -0.1) is 11.8 Å². The Morgan fingerprint density at radius 3 is 2.57 bits per heavy atom. The lowest BCUT2D eigenvalue weighted by atomic mass is 9.94. The summed E-state index contributed by atoms with van der Waals surface area (Å²) >= 11 is 1.26. The van der Waals surface area contributed by atoms with Gasteiger partial charge in [-0.1, -0.05) is 37.5 Å². The average Bonchev–Trinajstić information content (AvgIpc) is 2.87. The van der Waals surface area contributed by atoms with Crippen LogP contribution in [0.2, 0.25) is 0 Å². The van der Waals surface area contributed by atoms with Gasteiger partial charge in [0.25, 0.3) is 11.6 Å². The van der Waals surface area contributed by atoms with Crippen molar-refractivity contribution in [3.05, 3.63) is 63.7 Å².